The summed E-state index contributed by atoms with van der Waals surface area (Å²) in [5.74, 6) is 0.350. The number of aryl methyl sites for hydroxylation is 1. The van der Waals surface area contributed by atoms with Crippen molar-refractivity contribution in [1.29, 1.82) is 0 Å². The number of amidine groups is 1. The molecule has 1 atom stereocenters. The van der Waals surface area contributed by atoms with E-state index in [4.69, 9.17) is 14.5 Å². The van der Waals surface area contributed by atoms with Crippen molar-refractivity contribution < 1.29 is 23.5 Å². The highest BCUT2D eigenvalue weighted by atomic mass is 32.1. The summed E-state index contributed by atoms with van der Waals surface area (Å²) in [6.45, 7) is 9.34. The van der Waals surface area contributed by atoms with E-state index in [2.05, 4.69) is 41.6 Å². The molecule has 0 bridgehead atoms. The number of carbonyl (C=O) groups is 2. The van der Waals surface area contributed by atoms with Crippen molar-refractivity contribution >= 4 is 45.6 Å². The molecule has 1 fully saturated rings. The van der Waals surface area contributed by atoms with Crippen LogP contribution in [0.2, 0.25) is 0 Å². The van der Waals surface area contributed by atoms with Gasteiger partial charge < -0.3 is 25.0 Å². The minimum atomic E-state index is -0.790. The topological polar surface area (TPSA) is 92.3 Å². The second kappa shape index (κ2) is 12.3. The van der Waals surface area contributed by atoms with Crippen LogP contribution in [-0.2, 0) is 20.9 Å². The number of ether oxygens (including phenoxy) is 2. The second-order valence-electron chi connectivity index (χ2n) is 11.3. The molecule has 0 unspecified atom stereocenters. The molecule has 216 valence electrons. The van der Waals surface area contributed by atoms with E-state index in [0.29, 0.717) is 4.48 Å². The number of benzene rings is 2. The van der Waals surface area contributed by atoms with Gasteiger partial charge in [-0.25, -0.2) is 14.6 Å². The fraction of sp³-hybridized carbons (Fsp3) is 0.387. The van der Waals surface area contributed by atoms with Crippen LogP contribution in [0.4, 0.5) is 21.2 Å². The van der Waals surface area contributed by atoms with Crippen molar-refractivity contribution in [3.05, 3.63) is 76.7 Å². The Bertz CT molecular complexity index is 1410. The molecule has 3 heterocycles. The predicted octanol–water partition coefficient (Wildman–Crippen LogP) is 5.41. The van der Waals surface area contributed by atoms with Crippen LogP contribution in [0.1, 0.15) is 29.9 Å². The third-order valence-corrected chi connectivity index (χ3v) is 8.48. The largest absolute Gasteiger partial charge is 0.459 e. The quantitative estimate of drug-likeness (QED) is 0.289. The number of quaternary nitrogens is 1. The normalized spacial score (nSPS) is 16.4. The Kier molecular flexibility index (Phi) is 8.60. The number of esters is 1. The summed E-state index contributed by atoms with van der Waals surface area (Å²) in [4.78, 5) is 34.1. The Morgan fingerprint density at radius 3 is 2.51 bits per heavy atom. The first-order valence-corrected chi connectivity index (χ1v) is 14.8. The summed E-state index contributed by atoms with van der Waals surface area (Å²) >= 11 is 1.74. The first-order valence-electron chi connectivity index (χ1n) is 14.0. The van der Waals surface area contributed by atoms with Gasteiger partial charge in [0, 0.05) is 4.88 Å². The number of carbonyl (C=O) groups excluding carboxylic acids is 2. The van der Waals surface area contributed by atoms with Crippen LogP contribution in [-0.4, -0.2) is 73.3 Å². The van der Waals surface area contributed by atoms with Crippen LogP contribution in [0.15, 0.2) is 65.7 Å². The number of aliphatic imine (C=N–C) groups is 1. The smallest absolute Gasteiger partial charge is 0.412 e. The number of rotatable bonds is 7. The molecule has 10 heteroatoms. The van der Waals surface area contributed by atoms with E-state index in [9.17, 15) is 9.59 Å². The van der Waals surface area contributed by atoms with Crippen LogP contribution in [0.3, 0.4) is 0 Å². The van der Waals surface area contributed by atoms with Crippen molar-refractivity contribution in [1.82, 2.24) is 10.2 Å². The molecular weight excluding hydrogens is 538 g/mol. The van der Waals surface area contributed by atoms with Crippen molar-refractivity contribution in [3.63, 3.8) is 0 Å². The first kappa shape index (κ1) is 28.6. The van der Waals surface area contributed by atoms with Gasteiger partial charge in [0.1, 0.15) is 23.5 Å². The van der Waals surface area contributed by atoms with Gasteiger partial charge in [0.2, 0.25) is 6.73 Å². The maximum atomic E-state index is 12.7. The van der Waals surface area contributed by atoms with Crippen molar-refractivity contribution in [2.75, 3.05) is 45.3 Å². The summed E-state index contributed by atoms with van der Waals surface area (Å²) in [5, 5.41) is 7.39. The van der Waals surface area contributed by atoms with Gasteiger partial charge in [0.15, 0.2) is 0 Å². The third kappa shape index (κ3) is 6.89. The summed E-state index contributed by atoms with van der Waals surface area (Å²) in [7, 11) is 2.09. The molecule has 41 heavy (non-hydrogen) atoms. The highest BCUT2D eigenvalue weighted by Gasteiger charge is 2.34. The lowest BCUT2D eigenvalue weighted by atomic mass is 10.1. The Hall–Kier alpha value is -3.89. The monoisotopic (exact) mass is 576 g/mol. The number of para-hydroxylation sites is 2. The highest BCUT2D eigenvalue weighted by Crippen LogP contribution is 2.39. The molecule has 1 aromatic heterocycles. The van der Waals surface area contributed by atoms with Crippen molar-refractivity contribution in [2.45, 2.75) is 33.4 Å². The molecule has 2 N–H and O–H groups in total. The number of amides is 1. The summed E-state index contributed by atoms with van der Waals surface area (Å²) < 4.78 is 11.7. The predicted molar refractivity (Wildman–Crippen MR) is 162 cm³/mol. The molecular formula is C31H38N5O4S+. The Morgan fingerprint density at radius 1 is 1.07 bits per heavy atom. The number of piperazine rings is 1. The van der Waals surface area contributed by atoms with E-state index in [-0.39, 0.29) is 19.3 Å². The van der Waals surface area contributed by atoms with Gasteiger partial charge in [-0.15, -0.1) is 11.3 Å². The van der Waals surface area contributed by atoms with Gasteiger partial charge in [0.05, 0.1) is 50.2 Å². The number of nitrogens with zero attached hydrogens (tertiary/aromatic N) is 3. The number of nitrogens with one attached hydrogen (secondary N) is 2. The number of likely N-dealkylation sites (N-methyl/N-ethyl adjacent to an activating group) is 1. The van der Waals surface area contributed by atoms with E-state index in [1.54, 1.807) is 11.3 Å². The van der Waals surface area contributed by atoms with Crippen LogP contribution in [0.25, 0.3) is 0 Å². The Morgan fingerprint density at radius 2 is 1.78 bits per heavy atom. The standard InChI is InChI=1S/C31H37N5O4S/c1-21(2)27(30(37)39-19-23-10-6-5-7-11-23)34-31(38)40-20-36(4)16-14-35(15-17-36)28-24-18-22(3)41-29(24)33-26-13-9-8-12-25(26)32-28/h5-13,18,21,27H,14-17,19-20H2,1-4H3,(H-,32,33,34,38)/p+1/t27-/m0/s1. The van der Waals surface area contributed by atoms with Crippen LogP contribution < -0.4 is 10.6 Å². The summed E-state index contributed by atoms with van der Waals surface area (Å²) in [6.07, 6.45) is -0.614. The van der Waals surface area contributed by atoms with Crippen LogP contribution in [0.5, 0.6) is 0 Å². The van der Waals surface area contributed by atoms with Gasteiger partial charge in [-0.3, -0.25) is 4.48 Å². The van der Waals surface area contributed by atoms with Gasteiger partial charge in [0.25, 0.3) is 0 Å². The van der Waals surface area contributed by atoms with E-state index < -0.39 is 18.1 Å². The molecule has 0 saturated carbocycles. The number of hydrogen-bond donors (Lipinski definition) is 2. The number of hydrogen-bond acceptors (Lipinski definition) is 8. The number of thiophene rings is 1. The molecule has 3 aromatic rings. The molecule has 0 aliphatic carbocycles. The molecule has 5 rings (SSSR count). The van der Waals surface area contributed by atoms with E-state index in [1.807, 2.05) is 62.4 Å². The fourth-order valence-corrected chi connectivity index (χ4v) is 5.90. The zero-order chi connectivity index (χ0) is 29.0. The van der Waals surface area contributed by atoms with E-state index in [1.165, 1.54) is 4.88 Å². The molecule has 2 aliphatic rings. The molecule has 0 radical (unpaired) electrons. The lowest BCUT2D eigenvalue weighted by Gasteiger charge is -2.42. The number of alkyl carbamates (subject to hydrolysis) is 1. The van der Waals surface area contributed by atoms with Crippen LogP contribution in [0, 0.1) is 12.8 Å². The molecule has 0 spiro atoms. The zero-order valence-electron chi connectivity index (χ0n) is 24.1. The van der Waals surface area contributed by atoms with E-state index >= 15 is 0 Å². The average Bonchev–Trinajstić information content (AvgIpc) is 3.26. The lowest BCUT2D eigenvalue weighted by molar-refractivity contribution is -0.928. The maximum Gasteiger partial charge on any atom is 0.412 e. The molecule has 2 aliphatic heterocycles. The zero-order valence-corrected chi connectivity index (χ0v) is 24.9. The number of fused-ring (bicyclic) bond motifs is 2. The van der Waals surface area contributed by atoms with Gasteiger partial charge in [-0.1, -0.05) is 56.3 Å². The highest BCUT2D eigenvalue weighted by molar-refractivity contribution is 7.16. The van der Waals surface area contributed by atoms with Gasteiger partial charge in [-0.05, 0) is 36.6 Å². The summed E-state index contributed by atoms with van der Waals surface area (Å²) in [5.41, 5.74) is 3.94. The molecule has 1 saturated heterocycles. The maximum absolute atomic E-state index is 12.7. The minimum Gasteiger partial charge on any atom is -0.459 e. The second-order valence-corrected chi connectivity index (χ2v) is 12.5. The lowest BCUT2D eigenvalue weighted by Crippen LogP contribution is -2.59. The SMILES string of the molecule is Cc1cc2c(s1)Nc1ccccc1N=C2N1CC[N+](C)(COC(=O)N[C@H](C(=O)OCc2ccccc2)C(C)C)CC1. The molecule has 9 nitrogen and oxygen atoms in total. The van der Waals surface area contributed by atoms with E-state index in [0.717, 1.165) is 59.5 Å². The molecule has 1 amide bonds. The Labute approximate surface area is 245 Å². The minimum absolute atomic E-state index is 0.148. The van der Waals surface area contributed by atoms with Crippen LogP contribution >= 0.6 is 11.3 Å². The first-order chi connectivity index (χ1) is 19.7. The van der Waals surface area contributed by atoms with Gasteiger partial charge in [-0.2, -0.15) is 0 Å². The molecule has 2 aromatic carbocycles. The fourth-order valence-electron chi connectivity index (χ4n) is 4.98. The van der Waals surface area contributed by atoms with Crippen molar-refractivity contribution in [3.8, 4) is 0 Å². The van der Waals surface area contributed by atoms with Gasteiger partial charge >= 0.3 is 12.1 Å². The third-order valence-electron chi connectivity index (χ3n) is 7.52. The summed E-state index contributed by atoms with van der Waals surface area (Å²) in [6, 6.07) is 19.0. The number of anilines is 2. The average molecular weight is 577 g/mol. The van der Waals surface area contributed by atoms with Crippen molar-refractivity contribution in [2.24, 2.45) is 10.9 Å². The Balaban J connectivity index is 1.17.